The van der Waals surface area contributed by atoms with E-state index in [4.69, 9.17) is 0 Å². The van der Waals surface area contributed by atoms with Crippen LogP contribution in [0.3, 0.4) is 0 Å². The van der Waals surface area contributed by atoms with Crippen LogP contribution in [0.4, 0.5) is 0 Å². The van der Waals surface area contributed by atoms with E-state index in [2.05, 4.69) is 20.2 Å². The molecule has 0 saturated carbocycles. The van der Waals surface area contributed by atoms with Crippen LogP contribution in [0.5, 0.6) is 0 Å². The Kier molecular flexibility index (Phi) is 4.73. The maximum Gasteiger partial charge on any atom is 0.243 e. The van der Waals surface area contributed by atoms with Crippen LogP contribution in [0, 0.1) is 0 Å². The summed E-state index contributed by atoms with van der Waals surface area (Å²) in [6.45, 7) is 1.76. The number of amides is 1. The first-order valence-electron chi connectivity index (χ1n) is 6.45. The summed E-state index contributed by atoms with van der Waals surface area (Å²) in [5.74, 6) is -0.0255. The van der Waals surface area contributed by atoms with E-state index in [9.17, 15) is 13.2 Å². The number of carbonyl (C=O) groups is 1. The van der Waals surface area contributed by atoms with Crippen molar-refractivity contribution >= 4 is 15.9 Å². The first kappa shape index (κ1) is 14.9. The standard InChI is InChI=1S/C11H19N5O3S/c1-12-11(17)8-16-4-2-9(3-5-16)15-20(18,19)10-6-13-14-7-10/h6-7,9,15H,2-5,8H2,1H3,(H,12,17)(H,13,14). The lowest BCUT2D eigenvalue weighted by Gasteiger charge is -2.31. The van der Waals surface area contributed by atoms with Crippen LogP contribution in [-0.4, -0.2) is 62.1 Å². The van der Waals surface area contributed by atoms with Gasteiger partial charge in [-0.05, 0) is 12.8 Å². The van der Waals surface area contributed by atoms with Crippen LogP contribution in [0.15, 0.2) is 17.3 Å². The van der Waals surface area contributed by atoms with Crippen LogP contribution in [0.1, 0.15) is 12.8 Å². The molecule has 1 fully saturated rings. The van der Waals surface area contributed by atoms with Gasteiger partial charge in [-0.3, -0.25) is 14.8 Å². The number of sulfonamides is 1. The molecule has 1 aromatic rings. The second kappa shape index (κ2) is 6.33. The molecule has 112 valence electrons. The van der Waals surface area contributed by atoms with Crippen molar-refractivity contribution in [1.29, 1.82) is 0 Å². The summed E-state index contributed by atoms with van der Waals surface area (Å²) >= 11 is 0. The molecule has 0 spiro atoms. The van der Waals surface area contributed by atoms with Crippen LogP contribution in [-0.2, 0) is 14.8 Å². The van der Waals surface area contributed by atoms with E-state index in [-0.39, 0.29) is 16.8 Å². The number of rotatable bonds is 5. The minimum atomic E-state index is -3.50. The highest BCUT2D eigenvalue weighted by molar-refractivity contribution is 7.89. The minimum Gasteiger partial charge on any atom is -0.358 e. The molecule has 1 amide bonds. The maximum absolute atomic E-state index is 12.0. The number of nitrogens with one attached hydrogen (secondary N) is 3. The average Bonchev–Trinajstić information content (AvgIpc) is 2.95. The molecule has 1 saturated heterocycles. The maximum atomic E-state index is 12.0. The molecule has 0 unspecified atom stereocenters. The Morgan fingerprint density at radius 1 is 1.50 bits per heavy atom. The number of carbonyl (C=O) groups excluding carboxylic acids is 1. The summed E-state index contributed by atoms with van der Waals surface area (Å²) in [6.07, 6.45) is 4.01. The Balaban J connectivity index is 1.84. The molecule has 20 heavy (non-hydrogen) atoms. The number of hydrogen-bond acceptors (Lipinski definition) is 5. The van der Waals surface area contributed by atoms with Crippen LogP contribution >= 0.6 is 0 Å². The zero-order valence-corrected chi connectivity index (χ0v) is 12.1. The van der Waals surface area contributed by atoms with Gasteiger partial charge in [-0.25, -0.2) is 13.1 Å². The number of piperidine rings is 1. The number of aromatic amines is 1. The van der Waals surface area contributed by atoms with Crippen molar-refractivity contribution in [2.45, 2.75) is 23.8 Å². The minimum absolute atomic E-state index is 0.0255. The zero-order valence-electron chi connectivity index (χ0n) is 11.3. The van der Waals surface area contributed by atoms with Gasteiger partial charge >= 0.3 is 0 Å². The SMILES string of the molecule is CNC(=O)CN1CCC(NS(=O)(=O)c2cn[nH]c2)CC1. The summed E-state index contributed by atoms with van der Waals surface area (Å²) in [7, 11) is -1.90. The first-order chi connectivity index (χ1) is 9.51. The molecule has 3 N–H and O–H groups in total. The van der Waals surface area contributed by atoms with E-state index in [1.54, 1.807) is 7.05 Å². The number of likely N-dealkylation sites (tertiary alicyclic amines) is 1. The van der Waals surface area contributed by atoms with Crippen LogP contribution < -0.4 is 10.0 Å². The van der Waals surface area contributed by atoms with Gasteiger partial charge in [0.25, 0.3) is 0 Å². The lowest BCUT2D eigenvalue weighted by Crippen LogP contribution is -2.47. The Labute approximate surface area is 118 Å². The van der Waals surface area contributed by atoms with Crippen LogP contribution in [0.25, 0.3) is 0 Å². The number of aromatic nitrogens is 2. The summed E-state index contributed by atoms with van der Waals surface area (Å²) in [5, 5.41) is 8.70. The van der Waals surface area contributed by atoms with Crippen molar-refractivity contribution in [1.82, 2.24) is 25.1 Å². The third-order valence-corrected chi connectivity index (χ3v) is 4.83. The summed E-state index contributed by atoms with van der Waals surface area (Å²) in [4.78, 5) is 13.4. The molecule has 0 aromatic carbocycles. The van der Waals surface area contributed by atoms with Crippen molar-refractivity contribution in [3.05, 3.63) is 12.4 Å². The number of H-pyrrole nitrogens is 1. The average molecular weight is 301 g/mol. The van der Waals surface area contributed by atoms with E-state index in [0.29, 0.717) is 32.5 Å². The Morgan fingerprint density at radius 3 is 2.75 bits per heavy atom. The Morgan fingerprint density at radius 2 is 2.20 bits per heavy atom. The van der Waals surface area contributed by atoms with Gasteiger partial charge in [0.15, 0.2) is 0 Å². The predicted octanol–water partition coefficient (Wildman–Crippen LogP) is -1.10. The van der Waals surface area contributed by atoms with Gasteiger partial charge < -0.3 is 5.32 Å². The third kappa shape index (κ3) is 3.78. The number of likely N-dealkylation sites (N-methyl/N-ethyl adjacent to an activating group) is 1. The van der Waals surface area contributed by atoms with Gasteiger partial charge in [-0.1, -0.05) is 0 Å². The first-order valence-corrected chi connectivity index (χ1v) is 7.93. The lowest BCUT2D eigenvalue weighted by molar-refractivity contribution is -0.122. The largest absolute Gasteiger partial charge is 0.358 e. The van der Waals surface area contributed by atoms with E-state index in [1.165, 1.54) is 12.4 Å². The fourth-order valence-electron chi connectivity index (χ4n) is 2.16. The molecule has 1 aliphatic heterocycles. The van der Waals surface area contributed by atoms with Gasteiger partial charge in [-0.15, -0.1) is 0 Å². The van der Waals surface area contributed by atoms with E-state index >= 15 is 0 Å². The highest BCUT2D eigenvalue weighted by Crippen LogP contribution is 2.13. The zero-order chi connectivity index (χ0) is 14.6. The molecule has 2 heterocycles. The Hall–Kier alpha value is -1.45. The van der Waals surface area contributed by atoms with Crippen molar-refractivity contribution < 1.29 is 13.2 Å². The van der Waals surface area contributed by atoms with Gasteiger partial charge in [-0.2, -0.15) is 5.10 Å². The predicted molar refractivity (Wildman–Crippen MR) is 72.4 cm³/mol. The summed E-state index contributed by atoms with van der Waals surface area (Å²) in [5.41, 5.74) is 0. The molecule has 1 aliphatic rings. The molecule has 8 nitrogen and oxygen atoms in total. The monoisotopic (exact) mass is 301 g/mol. The third-order valence-electron chi connectivity index (χ3n) is 3.34. The summed E-state index contributed by atoms with van der Waals surface area (Å²) in [6, 6.07) is -0.101. The van der Waals surface area contributed by atoms with Crippen molar-refractivity contribution in [2.24, 2.45) is 0 Å². The fraction of sp³-hybridized carbons (Fsp3) is 0.636. The lowest BCUT2D eigenvalue weighted by atomic mass is 10.1. The van der Waals surface area contributed by atoms with Crippen LogP contribution in [0.2, 0.25) is 0 Å². The van der Waals surface area contributed by atoms with Gasteiger partial charge in [0.1, 0.15) is 4.90 Å². The smallest absolute Gasteiger partial charge is 0.243 e. The topological polar surface area (TPSA) is 107 Å². The molecule has 2 rings (SSSR count). The Bertz CT molecular complexity index is 534. The molecule has 1 aromatic heterocycles. The van der Waals surface area contributed by atoms with E-state index in [1.807, 2.05) is 4.90 Å². The highest BCUT2D eigenvalue weighted by Gasteiger charge is 2.25. The van der Waals surface area contributed by atoms with Crippen molar-refractivity contribution in [3.8, 4) is 0 Å². The molecule has 0 atom stereocenters. The van der Waals surface area contributed by atoms with Gasteiger partial charge in [0, 0.05) is 32.4 Å². The normalized spacial score (nSPS) is 18.1. The molecular weight excluding hydrogens is 282 g/mol. The molecule has 0 bridgehead atoms. The van der Waals surface area contributed by atoms with Crippen molar-refractivity contribution in [2.75, 3.05) is 26.7 Å². The molecule has 9 heteroatoms. The van der Waals surface area contributed by atoms with E-state index < -0.39 is 10.0 Å². The van der Waals surface area contributed by atoms with Gasteiger partial charge in [0.2, 0.25) is 15.9 Å². The summed E-state index contributed by atoms with van der Waals surface area (Å²) < 4.78 is 26.7. The number of nitrogens with zero attached hydrogens (tertiary/aromatic N) is 2. The van der Waals surface area contributed by atoms with Crippen molar-refractivity contribution in [3.63, 3.8) is 0 Å². The molecule has 0 radical (unpaired) electrons. The quantitative estimate of drug-likeness (QED) is 0.640. The molecular formula is C11H19N5O3S. The molecule has 0 aliphatic carbocycles. The fourth-order valence-corrected chi connectivity index (χ4v) is 3.37. The number of hydrogen-bond donors (Lipinski definition) is 3. The van der Waals surface area contributed by atoms with E-state index in [0.717, 1.165) is 0 Å². The highest BCUT2D eigenvalue weighted by atomic mass is 32.2. The van der Waals surface area contributed by atoms with Gasteiger partial charge in [0.05, 0.1) is 12.7 Å². The second-order valence-corrected chi connectivity index (χ2v) is 6.49. The second-order valence-electron chi connectivity index (χ2n) is 4.78.